The van der Waals surface area contributed by atoms with Crippen molar-refractivity contribution in [3.05, 3.63) is 66.0 Å². The zero-order valence-electron chi connectivity index (χ0n) is 12.3. The van der Waals surface area contributed by atoms with Gasteiger partial charge in [-0.1, -0.05) is 36.4 Å². The van der Waals surface area contributed by atoms with E-state index in [2.05, 4.69) is 10.6 Å². The average Bonchev–Trinajstić information content (AvgIpc) is 2.52. The predicted molar refractivity (Wildman–Crippen MR) is 84.4 cm³/mol. The molecule has 23 heavy (non-hydrogen) atoms. The highest BCUT2D eigenvalue weighted by atomic mass is 19.1. The number of amides is 1. The summed E-state index contributed by atoms with van der Waals surface area (Å²) in [5.41, 5.74) is 1.22. The van der Waals surface area contributed by atoms with Crippen LogP contribution in [-0.4, -0.2) is 23.0 Å². The lowest BCUT2D eigenvalue weighted by molar-refractivity contribution is -0.139. The van der Waals surface area contributed by atoms with Gasteiger partial charge in [-0.15, -0.1) is 0 Å². The van der Waals surface area contributed by atoms with Gasteiger partial charge in [-0.3, -0.25) is 9.59 Å². The summed E-state index contributed by atoms with van der Waals surface area (Å²) in [6, 6.07) is 13.8. The summed E-state index contributed by atoms with van der Waals surface area (Å²) in [6.45, 7) is 0.357. The second-order valence-electron chi connectivity index (χ2n) is 5.02. The Morgan fingerprint density at radius 1 is 1.09 bits per heavy atom. The first-order valence-corrected chi connectivity index (χ1v) is 7.10. The van der Waals surface area contributed by atoms with Crippen LogP contribution in [0.2, 0.25) is 0 Å². The minimum atomic E-state index is -1.09. The molecule has 5 nitrogen and oxygen atoms in total. The van der Waals surface area contributed by atoms with Gasteiger partial charge >= 0.3 is 5.97 Å². The van der Waals surface area contributed by atoms with E-state index in [9.17, 15) is 14.0 Å². The molecule has 0 aromatic heterocycles. The lowest BCUT2D eigenvalue weighted by Gasteiger charge is -2.17. The molecular formula is C17H17FN2O3. The number of benzene rings is 2. The molecule has 0 unspecified atom stereocenters. The maximum atomic E-state index is 13.1. The quantitative estimate of drug-likeness (QED) is 0.733. The van der Waals surface area contributed by atoms with Crippen molar-refractivity contribution >= 4 is 17.6 Å². The minimum Gasteiger partial charge on any atom is -0.481 e. The Bertz CT molecular complexity index is 677. The van der Waals surface area contributed by atoms with Crippen molar-refractivity contribution in [3.63, 3.8) is 0 Å². The normalized spacial score (nSPS) is 11.7. The predicted octanol–water partition coefficient (Wildman–Crippen LogP) is 2.40. The molecule has 1 atom stereocenters. The molecule has 6 heteroatoms. The van der Waals surface area contributed by atoms with Gasteiger partial charge in [0.1, 0.15) is 5.82 Å². The monoisotopic (exact) mass is 316 g/mol. The van der Waals surface area contributed by atoms with E-state index in [0.29, 0.717) is 6.54 Å². The Balaban J connectivity index is 2.01. The van der Waals surface area contributed by atoms with Gasteiger partial charge in [0.2, 0.25) is 5.91 Å². The Hall–Kier alpha value is -2.73. The van der Waals surface area contributed by atoms with Crippen LogP contribution in [0, 0.1) is 5.82 Å². The first-order valence-electron chi connectivity index (χ1n) is 7.10. The Labute approximate surface area is 133 Å². The van der Waals surface area contributed by atoms with Crippen molar-refractivity contribution in [3.8, 4) is 0 Å². The van der Waals surface area contributed by atoms with Gasteiger partial charge in [0.15, 0.2) is 0 Å². The number of hydrogen-bond acceptors (Lipinski definition) is 3. The number of carboxylic acids is 1. The second kappa shape index (κ2) is 8.05. The molecule has 0 saturated carbocycles. The van der Waals surface area contributed by atoms with Gasteiger partial charge in [0, 0.05) is 12.2 Å². The largest absolute Gasteiger partial charge is 0.481 e. The van der Waals surface area contributed by atoms with Crippen LogP contribution >= 0.6 is 0 Å². The number of carboxylic acid groups (broad SMARTS) is 1. The van der Waals surface area contributed by atoms with E-state index in [-0.39, 0.29) is 12.1 Å². The average molecular weight is 316 g/mol. The highest BCUT2D eigenvalue weighted by molar-refractivity contribution is 5.96. The first kappa shape index (κ1) is 16.6. The van der Waals surface area contributed by atoms with Crippen LogP contribution in [0.3, 0.4) is 0 Å². The lowest BCUT2D eigenvalue weighted by atomic mass is 10.1. The van der Waals surface area contributed by atoms with E-state index < -0.39 is 23.7 Å². The van der Waals surface area contributed by atoms with Crippen LogP contribution in [0.15, 0.2) is 54.6 Å². The maximum Gasteiger partial charge on any atom is 0.305 e. The van der Waals surface area contributed by atoms with Crippen LogP contribution < -0.4 is 10.6 Å². The van der Waals surface area contributed by atoms with E-state index in [0.717, 1.165) is 5.56 Å². The molecule has 0 saturated heterocycles. The number of hydrogen-bond donors (Lipinski definition) is 3. The number of anilines is 1. The van der Waals surface area contributed by atoms with Gasteiger partial charge < -0.3 is 15.7 Å². The van der Waals surface area contributed by atoms with Crippen molar-refractivity contribution < 1.29 is 19.1 Å². The zero-order valence-corrected chi connectivity index (χ0v) is 12.3. The topological polar surface area (TPSA) is 78.4 Å². The van der Waals surface area contributed by atoms with Crippen LogP contribution in [0.5, 0.6) is 0 Å². The van der Waals surface area contributed by atoms with E-state index in [1.165, 1.54) is 24.3 Å². The summed E-state index contributed by atoms with van der Waals surface area (Å²) in [7, 11) is 0. The molecule has 0 fully saturated rings. The highest BCUT2D eigenvalue weighted by Gasteiger charge is 2.21. The minimum absolute atomic E-state index is 0.284. The van der Waals surface area contributed by atoms with Crippen LogP contribution in [0.1, 0.15) is 12.0 Å². The van der Waals surface area contributed by atoms with E-state index in [4.69, 9.17) is 5.11 Å². The highest BCUT2D eigenvalue weighted by Crippen LogP contribution is 2.10. The third-order valence-electron chi connectivity index (χ3n) is 3.18. The number of halogens is 1. The Morgan fingerprint density at radius 2 is 1.83 bits per heavy atom. The molecule has 120 valence electrons. The summed E-state index contributed by atoms with van der Waals surface area (Å²) < 4.78 is 13.1. The molecular weight excluding hydrogens is 299 g/mol. The molecule has 0 spiro atoms. The number of aliphatic carboxylic acids is 1. The number of rotatable bonds is 7. The summed E-state index contributed by atoms with van der Waals surface area (Å²) in [4.78, 5) is 23.2. The van der Waals surface area contributed by atoms with Crippen LogP contribution in [0.4, 0.5) is 10.1 Å². The fourth-order valence-corrected chi connectivity index (χ4v) is 2.06. The van der Waals surface area contributed by atoms with Gasteiger partial charge in [0.05, 0.1) is 12.5 Å². The molecule has 3 N–H and O–H groups in total. The summed E-state index contributed by atoms with van der Waals surface area (Å²) in [6.07, 6.45) is -0.367. The van der Waals surface area contributed by atoms with Crippen molar-refractivity contribution in [1.29, 1.82) is 0 Å². The molecule has 1 amide bonds. The molecule has 0 heterocycles. The molecule has 2 rings (SSSR count). The van der Waals surface area contributed by atoms with Crippen LogP contribution in [-0.2, 0) is 16.1 Å². The fraction of sp³-hybridized carbons (Fsp3) is 0.176. The maximum absolute atomic E-state index is 13.1. The van der Waals surface area contributed by atoms with Crippen molar-refractivity contribution in [2.45, 2.75) is 19.0 Å². The second-order valence-corrected chi connectivity index (χ2v) is 5.02. The zero-order chi connectivity index (χ0) is 16.7. The Kier molecular flexibility index (Phi) is 5.82. The van der Waals surface area contributed by atoms with E-state index in [1.807, 2.05) is 30.3 Å². The van der Waals surface area contributed by atoms with Crippen molar-refractivity contribution in [2.75, 3.05) is 5.32 Å². The number of carbonyl (C=O) groups excluding carboxylic acids is 1. The van der Waals surface area contributed by atoms with Gasteiger partial charge in [-0.05, 0) is 23.8 Å². The summed E-state index contributed by atoms with van der Waals surface area (Å²) in [5.74, 6) is -2.09. The van der Waals surface area contributed by atoms with Crippen molar-refractivity contribution in [1.82, 2.24) is 5.32 Å². The van der Waals surface area contributed by atoms with Gasteiger partial charge in [-0.25, -0.2) is 4.39 Å². The van der Waals surface area contributed by atoms with Crippen LogP contribution in [0.25, 0.3) is 0 Å². The van der Waals surface area contributed by atoms with E-state index >= 15 is 0 Å². The van der Waals surface area contributed by atoms with Crippen molar-refractivity contribution in [2.24, 2.45) is 0 Å². The third kappa shape index (κ3) is 5.52. The fourth-order valence-electron chi connectivity index (χ4n) is 2.06. The molecule has 0 bridgehead atoms. The Morgan fingerprint density at radius 3 is 2.48 bits per heavy atom. The molecule has 0 radical (unpaired) electrons. The third-order valence-corrected chi connectivity index (χ3v) is 3.18. The SMILES string of the molecule is O=C(O)C[C@@H](NCc1ccccc1)C(=O)Nc1cccc(F)c1. The van der Waals surface area contributed by atoms with Gasteiger partial charge in [0.25, 0.3) is 0 Å². The molecule has 0 aliphatic rings. The van der Waals surface area contributed by atoms with E-state index in [1.54, 1.807) is 0 Å². The first-order chi connectivity index (χ1) is 11.0. The summed E-state index contributed by atoms with van der Waals surface area (Å²) in [5, 5.41) is 14.4. The molecule has 0 aliphatic carbocycles. The molecule has 2 aromatic rings. The number of carbonyl (C=O) groups is 2. The standard InChI is InChI=1S/C17H17FN2O3/c18-13-7-4-8-14(9-13)20-17(23)15(10-16(21)22)19-11-12-5-2-1-3-6-12/h1-9,15,19H,10-11H2,(H,20,23)(H,21,22)/t15-/m1/s1. The summed E-state index contributed by atoms with van der Waals surface area (Å²) >= 11 is 0. The molecule has 0 aliphatic heterocycles. The van der Waals surface area contributed by atoms with Gasteiger partial charge in [-0.2, -0.15) is 0 Å². The molecule has 2 aromatic carbocycles. The smallest absolute Gasteiger partial charge is 0.305 e. The lowest BCUT2D eigenvalue weighted by Crippen LogP contribution is -2.41. The number of nitrogens with one attached hydrogen (secondary N) is 2.